The number of carbonyl (C=O) groups excluding carboxylic acids is 1. The SMILES string of the molecule is COc1cc(/C=C2/N=C(C(C)(C)C)OC2=O)ccc1OCc1csc(C)n1. The van der Waals surface area contributed by atoms with Crippen LogP contribution in [0.2, 0.25) is 0 Å². The highest BCUT2D eigenvalue weighted by Crippen LogP contribution is 2.31. The van der Waals surface area contributed by atoms with E-state index >= 15 is 0 Å². The first-order valence-electron chi connectivity index (χ1n) is 8.51. The summed E-state index contributed by atoms with van der Waals surface area (Å²) in [4.78, 5) is 20.7. The van der Waals surface area contributed by atoms with Crippen molar-refractivity contribution in [3.8, 4) is 11.5 Å². The summed E-state index contributed by atoms with van der Waals surface area (Å²) in [6.45, 7) is 8.16. The fourth-order valence-corrected chi connectivity index (χ4v) is 3.00. The van der Waals surface area contributed by atoms with Crippen molar-refractivity contribution in [2.45, 2.75) is 34.3 Å². The van der Waals surface area contributed by atoms with Crippen molar-refractivity contribution in [1.29, 1.82) is 0 Å². The van der Waals surface area contributed by atoms with Gasteiger partial charge in [-0.25, -0.2) is 14.8 Å². The maximum absolute atomic E-state index is 12.1. The first kappa shape index (κ1) is 19.1. The van der Waals surface area contributed by atoms with Crippen LogP contribution in [0.4, 0.5) is 0 Å². The van der Waals surface area contributed by atoms with Crippen molar-refractivity contribution in [3.63, 3.8) is 0 Å². The van der Waals surface area contributed by atoms with E-state index in [-0.39, 0.29) is 11.1 Å². The van der Waals surface area contributed by atoms with Gasteiger partial charge in [0.05, 0.1) is 17.8 Å². The highest BCUT2D eigenvalue weighted by Gasteiger charge is 2.31. The van der Waals surface area contributed by atoms with E-state index in [4.69, 9.17) is 14.2 Å². The first-order valence-corrected chi connectivity index (χ1v) is 9.39. The van der Waals surface area contributed by atoms with Crippen LogP contribution in [0.3, 0.4) is 0 Å². The molecule has 1 aliphatic heterocycles. The van der Waals surface area contributed by atoms with Crippen molar-refractivity contribution in [2.75, 3.05) is 7.11 Å². The molecule has 6 nitrogen and oxygen atoms in total. The number of nitrogens with zero attached hydrogens (tertiary/aromatic N) is 2. The molecule has 0 bridgehead atoms. The number of esters is 1. The Bertz CT molecular complexity index is 922. The van der Waals surface area contributed by atoms with Gasteiger partial charge in [-0.05, 0) is 30.7 Å². The third-order valence-electron chi connectivity index (χ3n) is 3.80. The van der Waals surface area contributed by atoms with Crippen LogP contribution < -0.4 is 9.47 Å². The molecule has 0 spiro atoms. The Morgan fingerprint density at radius 1 is 1.26 bits per heavy atom. The van der Waals surface area contributed by atoms with Gasteiger partial charge in [0.15, 0.2) is 17.2 Å². The second-order valence-electron chi connectivity index (χ2n) is 7.14. The van der Waals surface area contributed by atoms with E-state index in [1.807, 2.05) is 39.1 Å². The number of methoxy groups -OCH3 is 1. The molecule has 2 heterocycles. The number of aryl methyl sites for hydroxylation is 1. The first-order chi connectivity index (χ1) is 12.8. The molecule has 0 N–H and O–H groups in total. The van der Waals surface area contributed by atoms with Gasteiger partial charge in [0.2, 0.25) is 5.90 Å². The maximum atomic E-state index is 12.1. The molecular weight excluding hydrogens is 364 g/mol. The van der Waals surface area contributed by atoms with Crippen LogP contribution in [0.15, 0.2) is 34.3 Å². The number of aliphatic imine (C=N–C) groups is 1. The quantitative estimate of drug-likeness (QED) is 0.563. The van der Waals surface area contributed by atoms with Crippen LogP contribution in [0, 0.1) is 12.3 Å². The summed E-state index contributed by atoms with van der Waals surface area (Å²) >= 11 is 1.59. The minimum Gasteiger partial charge on any atom is -0.493 e. The van der Waals surface area contributed by atoms with Crippen molar-refractivity contribution < 1.29 is 19.0 Å². The Morgan fingerprint density at radius 3 is 2.63 bits per heavy atom. The van der Waals surface area contributed by atoms with Crippen LogP contribution in [0.1, 0.15) is 37.0 Å². The molecule has 0 aliphatic carbocycles. The summed E-state index contributed by atoms with van der Waals surface area (Å²) in [5.41, 5.74) is 1.60. The Morgan fingerprint density at radius 2 is 2.04 bits per heavy atom. The molecule has 0 radical (unpaired) electrons. The highest BCUT2D eigenvalue weighted by molar-refractivity contribution is 7.09. The predicted molar refractivity (Wildman–Crippen MR) is 105 cm³/mol. The molecule has 0 saturated heterocycles. The Hall–Kier alpha value is -2.67. The zero-order valence-corrected chi connectivity index (χ0v) is 16.8. The zero-order chi connectivity index (χ0) is 19.6. The second kappa shape index (κ2) is 7.52. The third kappa shape index (κ3) is 4.54. The number of hydrogen-bond donors (Lipinski definition) is 0. The van der Waals surface area contributed by atoms with Crippen LogP contribution in [-0.2, 0) is 16.1 Å². The van der Waals surface area contributed by atoms with Gasteiger partial charge >= 0.3 is 5.97 Å². The van der Waals surface area contributed by atoms with Crippen molar-refractivity contribution in [3.05, 3.63) is 45.5 Å². The summed E-state index contributed by atoms with van der Waals surface area (Å²) < 4.78 is 16.5. The summed E-state index contributed by atoms with van der Waals surface area (Å²) in [5.74, 6) is 1.16. The topological polar surface area (TPSA) is 70.0 Å². The van der Waals surface area contributed by atoms with Crippen LogP contribution >= 0.6 is 11.3 Å². The molecule has 2 aromatic rings. The minimum atomic E-state index is -0.446. The summed E-state index contributed by atoms with van der Waals surface area (Å²) in [6, 6.07) is 5.45. The fourth-order valence-electron chi connectivity index (χ4n) is 2.41. The number of carbonyl (C=O) groups is 1. The Balaban J connectivity index is 1.79. The molecule has 1 aromatic heterocycles. The molecule has 7 heteroatoms. The lowest BCUT2D eigenvalue weighted by molar-refractivity contribution is -0.130. The van der Waals surface area contributed by atoms with E-state index < -0.39 is 5.97 Å². The van der Waals surface area contributed by atoms with E-state index in [0.717, 1.165) is 16.3 Å². The molecule has 0 amide bonds. The van der Waals surface area contributed by atoms with Gasteiger partial charge in [-0.3, -0.25) is 0 Å². The van der Waals surface area contributed by atoms with Gasteiger partial charge in [-0.15, -0.1) is 11.3 Å². The molecule has 0 unspecified atom stereocenters. The second-order valence-corrected chi connectivity index (χ2v) is 8.21. The molecule has 0 atom stereocenters. The fraction of sp³-hybridized carbons (Fsp3) is 0.350. The molecule has 0 saturated carbocycles. The lowest BCUT2D eigenvalue weighted by Crippen LogP contribution is -2.21. The van der Waals surface area contributed by atoms with E-state index in [0.29, 0.717) is 24.0 Å². The van der Waals surface area contributed by atoms with Crippen molar-refractivity contribution in [1.82, 2.24) is 4.98 Å². The molecule has 142 valence electrons. The van der Waals surface area contributed by atoms with E-state index in [1.165, 1.54) is 0 Å². The number of cyclic esters (lactones) is 1. The minimum absolute atomic E-state index is 0.272. The van der Waals surface area contributed by atoms with Crippen molar-refractivity contribution >= 4 is 29.3 Å². The predicted octanol–water partition coefficient (Wildman–Crippen LogP) is 4.38. The molecular formula is C20H22N2O4S. The number of thiazole rings is 1. The monoisotopic (exact) mass is 386 g/mol. The Labute approximate surface area is 162 Å². The van der Waals surface area contributed by atoms with Gasteiger partial charge in [-0.2, -0.15) is 0 Å². The Kier molecular flexibility index (Phi) is 5.32. The van der Waals surface area contributed by atoms with Gasteiger partial charge < -0.3 is 14.2 Å². The molecule has 1 aromatic carbocycles. The van der Waals surface area contributed by atoms with Crippen LogP contribution in [0.25, 0.3) is 6.08 Å². The molecule has 3 rings (SSSR count). The van der Waals surface area contributed by atoms with E-state index in [2.05, 4.69) is 9.98 Å². The maximum Gasteiger partial charge on any atom is 0.363 e. The lowest BCUT2D eigenvalue weighted by Gasteiger charge is -2.15. The number of aromatic nitrogens is 1. The summed E-state index contributed by atoms with van der Waals surface area (Å²) in [7, 11) is 1.58. The van der Waals surface area contributed by atoms with Gasteiger partial charge in [0, 0.05) is 10.8 Å². The van der Waals surface area contributed by atoms with Crippen LogP contribution in [0.5, 0.6) is 11.5 Å². The number of hydrogen-bond acceptors (Lipinski definition) is 7. The molecule has 0 fully saturated rings. The standard InChI is InChI=1S/C20H22N2O4S/c1-12-21-14(11-27-12)10-25-16-7-6-13(9-17(16)24-5)8-15-18(23)26-19(22-15)20(2,3)4/h6-9,11H,10H2,1-5H3/b15-8+. The van der Waals surface area contributed by atoms with Gasteiger partial charge in [0.1, 0.15) is 6.61 Å². The largest absolute Gasteiger partial charge is 0.493 e. The summed E-state index contributed by atoms with van der Waals surface area (Å²) in [5, 5.41) is 2.97. The third-order valence-corrected chi connectivity index (χ3v) is 4.62. The molecule has 27 heavy (non-hydrogen) atoms. The average molecular weight is 386 g/mol. The van der Waals surface area contributed by atoms with Gasteiger partial charge in [0.25, 0.3) is 0 Å². The lowest BCUT2D eigenvalue weighted by atomic mass is 9.97. The van der Waals surface area contributed by atoms with Crippen LogP contribution in [-0.4, -0.2) is 24.0 Å². The normalized spacial score (nSPS) is 15.7. The summed E-state index contributed by atoms with van der Waals surface area (Å²) in [6.07, 6.45) is 1.68. The van der Waals surface area contributed by atoms with E-state index in [9.17, 15) is 4.79 Å². The molecule has 1 aliphatic rings. The van der Waals surface area contributed by atoms with Gasteiger partial charge in [-0.1, -0.05) is 26.8 Å². The highest BCUT2D eigenvalue weighted by atomic mass is 32.1. The number of benzene rings is 1. The smallest absolute Gasteiger partial charge is 0.363 e. The number of rotatable bonds is 5. The van der Waals surface area contributed by atoms with Crippen molar-refractivity contribution in [2.24, 2.45) is 10.4 Å². The zero-order valence-electron chi connectivity index (χ0n) is 16.0. The number of ether oxygens (including phenoxy) is 3. The average Bonchev–Trinajstić information content (AvgIpc) is 3.19. The van der Waals surface area contributed by atoms with E-state index in [1.54, 1.807) is 36.7 Å².